The van der Waals surface area contributed by atoms with Gasteiger partial charge in [-0.1, -0.05) is 0 Å². The maximum absolute atomic E-state index is 12.2. The molecule has 6 nitrogen and oxygen atoms in total. The zero-order valence-electron chi connectivity index (χ0n) is 10.6. The molecule has 1 aromatic rings. The SMILES string of the molecule is CC1OCCC1(C)NC(=O)c1ccnc(NN)c1. The Morgan fingerprint density at radius 1 is 1.67 bits per heavy atom. The van der Waals surface area contributed by atoms with Crippen LogP contribution in [0.1, 0.15) is 30.6 Å². The van der Waals surface area contributed by atoms with E-state index in [0.717, 1.165) is 6.42 Å². The van der Waals surface area contributed by atoms with Crippen LogP contribution in [-0.4, -0.2) is 29.1 Å². The summed E-state index contributed by atoms with van der Waals surface area (Å²) in [5.41, 5.74) is 2.62. The lowest BCUT2D eigenvalue weighted by Gasteiger charge is -2.28. The van der Waals surface area contributed by atoms with E-state index in [0.29, 0.717) is 18.0 Å². The molecule has 98 valence electrons. The Morgan fingerprint density at radius 3 is 3.06 bits per heavy atom. The minimum absolute atomic E-state index is 0.00962. The number of rotatable bonds is 3. The van der Waals surface area contributed by atoms with Crippen LogP contribution in [0.25, 0.3) is 0 Å². The topological polar surface area (TPSA) is 89.3 Å². The van der Waals surface area contributed by atoms with Crippen molar-refractivity contribution in [2.24, 2.45) is 5.84 Å². The van der Waals surface area contributed by atoms with Crippen LogP contribution in [0.5, 0.6) is 0 Å². The number of hydrogen-bond acceptors (Lipinski definition) is 5. The van der Waals surface area contributed by atoms with Crippen molar-refractivity contribution < 1.29 is 9.53 Å². The van der Waals surface area contributed by atoms with Gasteiger partial charge in [0, 0.05) is 18.4 Å². The molecular formula is C12H18N4O2. The van der Waals surface area contributed by atoms with Gasteiger partial charge in [0.1, 0.15) is 5.82 Å². The predicted molar refractivity (Wildman–Crippen MR) is 67.9 cm³/mol. The monoisotopic (exact) mass is 250 g/mol. The largest absolute Gasteiger partial charge is 0.376 e. The van der Waals surface area contributed by atoms with Crippen molar-refractivity contribution in [2.45, 2.75) is 31.9 Å². The molecule has 2 unspecified atom stereocenters. The van der Waals surface area contributed by atoms with Crippen molar-refractivity contribution in [3.05, 3.63) is 23.9 Å². The van der Waals surface area contributed by atoms with E-state index in [1.165, 1.54) is 0 Å². The van der Waals surface area contributed by atoms with Crippen LogP contribution < -0.4 is 16.6 Å². The summed E-state index contributed by atoms with van der Waals surface area (Å²) in [4.78, 5) is 16.1. The Hall–Kier alpha value is -1.66. The number of nitrogens with one attached hydrogen (secondary N) is 2. The molecule has 1 amide bonds. The molecule has 2 heterocycles. The van der Waals surface area contributed by atoms with Crippen molar-refractivity contribution >= 4 is 11.7 Å². The van der Waals surface area contributed by atoms with Gasteiger partial charge in [-0.15, -0.1) is 0 Å². The molecule has 1 aromatic heterocycles. The smallest absolute Gasteiger partial charge is 0.251 e. The fraction of sp³-hybridized carbons (Fsp3) is 0.500. The maximum Gasteiger partial charge on any atom is 0.251 e. The molecule has 4 N–H and O–H groups in total. The van der Waals surface area contributed by atoms with Gasteiger partial charge in [0.05, 0.1) is 11.6 Å². The Kier molecular flexibility index (Phi) is 3.49. The van der Waals surface area contributed by atoms with E-state index >= 15 is 0 Å². The number of nitrogens with zero attached hydrogens (tertiary/aromatic N) is 1. The normalized spacial score (nSPS) is 26.9. The third-order valence-corrected chi connectivity index (χ3v) is 3.46. The van der Waals surface area contributed by atoms with Crippen LogP contribution in [0.3, 0.4) is 0 Å². The molecule has 1 aliphatic heterocycles. The predicted octanol–water partition coefficient (Wildman–Crippen LogP) is 0.664. The lowest BCUT2D eigenvalue weighted by atomic mass is 9.94. The van der Waals surface area contributed by atoms with E-state index in [1.54, 1.807) is 18.3 Å². The highest BCUT2D eigenvalue weighted by atomic mass is 16.5. The van der Waals surface area contributed by atoms with Crippen LogP contribution >= 0.6 is 0 Å². The first kappa shape index (κ1) is 12.8. The number of ether oxygens (including phenoxy) is 1. The van der Waals surface area contributed by atoms with Gasteiger partial charge >= 0.3 is 0 Å². The highest BCUT2D eigenvalue weighted by molar-refractivity contribution is 5.95. The number of hydrazine groups is 1. The van der Waals surface area contributed by atoms with E-state index in [1.807, 2.05) is 13.8 Å². The van der Waals surface area contributed by atoms with E-state index < -0.39 is 0 Å². The summed E-state index contributed by atoms with van der Waals surface area (Å²) in [5.74, 6) is 5.58. The molecule has 0 spiro atoms. The van der Waals surface area contributed by atoms with Crippen LogP contribution in [0.15, 0.2) is 18.3 Å². The summed E-state index contributed by atoms with van der Waals surface area (Å²) in [6.07, 6.45) is 2.36. The maximum atomic E-state index is 12.2. The highest BCUT2D eigenvalue weighted by Gasteiger charge is 2.38. The van der Waals surface area contributed by atoms with Crippen molar-refractivity contribution in [1.82, 2.24) is 10.3 Å². The molecule has 0 aromatic carbocycles. The fourth-order valence-electron chi connectivity index (χ4n) is 1.98. The average Bonchev–Trinajstić information content (AvgIpc) is 2.69. The lowest BCUT2D eigenvalue weighted by molar-refractivity contribution is 0.0727. The number of pyridine rings is 1. The average molecular weight is 250 g/mol. The Labute approximate surface area is 106 Å². The molecule has 1 aliphatic rings. The Balaban J connectivity index is 2.12. The van der Waals surface area contributed by atoms with Gasteiger partial charge in [0.15, 0.2) is 0 Å². The molecule has 0 saturated carbocycles. The zero-order chi connectivity index (χ0) is 13.2. The molecule has 6 heteroatoms. The molecule has 2 atom stereocenters. The number of carbonyl (C=O) groups is 1. The molecule has 0 aliphatic carbocycles. The van der Waals surface area contributed by atoms with Crippen LogP contribution in [0.4, 0.5) is 5.82 Å². The van der Waals surface area contributed by atoms with Crippen LogP contribution in [0, 0.1) is 0 Å². The number of hydrogen-bond donors (Lipinski definition) is 3. The summed E-state index contributed by atoms with van der Waals surface area (Å²) < 4.78 is 5.49. The molecule has 0 radical (unpaired) electrons. The molecule has 2 rings (SSSR count). The summed E-state index contributed by atoms with van der Waals surface area (Å²) in [6, 6.07) is 3.26. The third kappa shape index (κ3) is 2.44. The highest BCUT2D eigenvalue weighted by Crippen LogP contribution is 2.25. The van der Waals surface area contributed by atoms with E-state index in [4.69, 9.17) is 10.6 Å². The molecule has 18 heavy (non-hydrogen) atoms. The zero-order valence-corrected chi connectivity index (χ0v) is 10.6. The number of nitrogens with two attached hydrogens (primary N) is 1. The quantitative estimate of drug-likeness (QED) is 0.542. The first-order chi connectivity index (χ1) is 8.55. The fourth-order valence-corrected chi connectivity index (χ4v) is 1.98. The second-order valence-electron chi connectivity index (χ2n) is 4.71. The third-order valence-electron chi connectivity index (χ3n) is 3.46. The molecule has 1 saturated heterocycles. The van der Waals surface area contributed by atoms with E-state index in [9.17, 15) is 4.79 Å². The summed E-state index contributed by atoms with van der Waals surface area (Å²) in [5, 5.41) is 3.01. The summed E-state index contributed by atoms with van der Waals surface area (Å²) >= 11 is 0. The number of anilines is 1. The van der Waals surface area contributed by atoms with Crippen molar-refractivity contribution in [1.29, 1.82) is 0 Å². The molecule has 0 bridgehead atoms. The number of amides is 1. The standard InChI is InChI=1S/C12H18N4O2/c1-8-12(2,4-6-18-8)15-11(17)9-3-5-14-10(7-9)16-13/h3,5,7-8H,4,6,13H2,1-2H3,(H,14,16)(H,15,17). The van der Waals surface area contributed by atoms with E-state index in [2.05, 4.69) is 15.7 Å². The van der Waals surface area contributed by atoms with Gasteiger partial charge in [0.2, 0.25) is 0 Å². The van der Waals surface area contributed by atoms with Gasteiger partial charge in [-0.2, -0.15) is 0 Å². The van der Waals surface area contributed by atoms with E-state index in [-0.39, 0.29) is 17.6 Å². The van der Waals surface area contributed by atoms with Crippen molar-refractivity contribution in [3.8, 4) is 0 Å². The first-order valence-electron chi connectivity index (χ1n) is 5.92. The van der Waals surface area contributed by atoms with Crippen LogP contribution in [-0.2, 0) is 4.74 Å². The Morgan fingerprint density at radius 2 is 2.44 bits per heavy atom. The number of nitrogen functional groups attached to an aromatic ring is 1. The van der Waals surface area contributed by atoms with Gasteiger partial charge in [0.25, 0.3) is 5.91 Å². The molecular weight excluding hydrogens is 232 g/mol. The van der Waals surface area contributed by atoms with Gasteiger partial charge in [-0.3, -0.25) is 4.79 Å². The van der Waals surface area contributed by atoms with Crippen molar-refractivity contribution in [2.75, 3.05) is 12.0 Å². The van der Waals surface area contributed by atoms with Crippen molar-refractivity contribution in [3.63, 3.8) is 0 Å². The van der Waals surface area contributed by atoms with Crippen LogP contribution in [0.2, 0.25) is 0 Å². The number of carbonyl (C=O) groups excluding carboxylic acids is 1. The minimum atomic E-state index is -0.323. The lowest BCUT2D eigenvalue weighted by Crippen LogP contribution is -2.50. The van der Waals surface area contributed by atoms with Gasteiger partial charge < -0.3 is 15.5 Å². The summed E-state index contributed by atoms with van der Waals surface area (Å²) in [6.45, 7) is 4.63. The molecule has 1 fully saturated rings. The first-order valence-corrected chi connectivity index (χ1v) is 5.92. The van der Waals surface area contributed by atoms with Gasteiger partial charge in [-0.05, 0) is 32.4 Å². The van der Waals surface area contributed by atoms with Gasteiger partial charge in [-0.25, -0.2) is 10.8 Å². The second kappa shape index (κ2) is 4.91. The summed E-state index contributed by atoms with van der Waals surface area (Å²) in [7, 11) is 0. The Bertz CT molecular complexity index is 451. The number of aromatic nitrogens is 1. The second-order valence-corrected chi connectivity index (χ2v) is 4.71. The minimum Gasteiger partial charge on any atom is -0.376 e.